The zero-order chi connectivity index (χ0) is 19.2. The van der Waals surface area contributed by atoms with Gasteiger partial charge < -0.3 is 10.6 Å². The molecule has 2 amide bonds. The van der Waals surface area contributed by atoms with Crippen LogP contribution in [0.4, 0.5) is 5.69 Å². The molecule has 0 aliphatic carbocycles. The Morgan fingerprint density at radius 1 is 1.11 bits per heavy atom. The molecule has 3 rings (SSSR count). The smallest absolute Gasteiger partial charge is 0.313 e. The molecular weight excluding hydrogens is 358 g/mol. The van der Waals surface area contributed by atoms with E-state index in [0.29, 0.717) is 18.2 Å². The van der Waals surface area contributed by atoms with Gasteiger partial charge in [-0.3, -0.25) is 14.5 Å². The molecule has 0 unspecified atom stereocenters. The Labute approximate surface area is 164 Å². The molecule has 1 aliphatic heterocycles. The van der Waals surface area contributed by atoms with Crippen LogP contribution in [0, 0.1) is 19.8 Å². The lowest BCUT2D eigenvalue weighted by atomic mass is 9.96. The fraction of sp³-hybridized carbons (Fsp3) is 0.429. The van der Waals surface area contributed by atoms with Crippen molar-refractivity contribution in [3.8, 4) is 0 Å². The van der Waals surface area contributed by atoms with Gasteiger partial charge in [-0.25, -0.2) is 0 Å². The largest absolute Gasteiger partial charge is 0.348 e. The molecule has 2 N–H and O–H groups in total. The third-order valence-corrected chi connectivity index (χ3v) is 5.66. The van der Waals surface area contributed by atoms with Crippen molar-refractivity contribution in [2.75, 3.05) is 25.0 Å². The second-order valence-electron chi connectivity index (χ2n) is 7.39. The number of hydrogen-bond acceptors (Lipinski definition) is 4. The number of likely N-dealkylation sites (tertiary alicyclic amines) is 1. The van der Waals surface area contributed by atoms with Gasteiger partial charge in [0.2, 0.25) is 0 Å². The molecule has 0 spiro atoms. The van der Waals surface area contributed by atoms with Crippen molar-refractivity contribution in [1.82, 2.24) is 10.2 Å². The van der Waals surface area contributed by atoms with E-state index in [0.717, 1.165) is 43.6 Å². The number of amides is 2. The first-order valence-corrected chi connectivity index (χ1v) is 10.3. The highest BCUT2D eigenvalue weighted by Gasteiger charge is 2.21. The van der Waals surface area contributed by atoms with Crippen molar-refractivity contribution in [1.29, 1.82) is 0 Å². The van der Waals surface area contributed by atoms with Gasteiger partial charge in [0.15, 0.2) is 0 Å². The van der Waals surface area contributed by atoms with Gasteiger partial charge >= 0.3 is 11.8 Å². The standard InChI is InChI=1S/C21H27N3O2S/c1-15-9-16(2)11-19(10-15)23-21(26)20(25)22-12-17-3-6-24(7-4-17)13-18-5-8-27-14-18/h5,8-11,14,17H,3-4,6-7,12-13H2,1-2H3,(H,22,25)(H,23,26). The summed E-state index contributed by atoms with van der Waals surface area (Å²) in [4.78, 5) is 26.7. The van der Waals surface area contributed by atoms with Crippen LogP contribution in [0.5, 0.6) is 0 Å². The van der Waals surface area contributed by atoms with Crippen LogP contribution in [0.2, 0.25) is 0 Å². The highest BCUT2D eigenvalue weighted by Crippen LogP contribution is 2.19. The maximum absolute atomic E-state index is 12.1. The number of thiophene rings is 1. The van der Waals surface area contributed by atoms with E-state index in [1.807, 2.05) is 32.0 Å². The third kappa shape index (κ3) is 5.91. The maximum atomic E-state index is 12.1. The summed E-state index contributed by atoms with van der Waals surface area (Å²) in [5.74, 6) is -0.730. The summed E-state index contributed by atoms with van der Waals surface area (Å²) in [6.07, 6.45) is 2.09. The summed E-state index contributed by atoms with van der Waals surface area (Å²) in [5, 5.41) is 9.79. The van der Waals surface area contributed by atoms with E-state index in [-0.39, 0.29) is 0 Å². The minimum Gasteiger partial charge on any atom is -0.348 e. The fourth-order valence-electron chi connectivity index (χ4n) is 3.54. The molecular formula is C21H27N3O2S. The molecule has 0 radical (unpaired) electrons. The Morgan fingerprint density at radius 2 is 1.81 bits per heavy atom. The Kier molecular flexibility index (Phi) is 6.63. The number of hydrogen-bond donors (Lipinski definition) is 2. The minimum absolute atomic E-state index is 0.432. The third-order valence-electron chi connectivity index (χ3n) is 4.93. The predicted octanol–water partition coefficient (Wildman–Crippen LogP) is 3.33. The van der Waals surface area contributed by atoms with Gasteiger partial charge in [0.05, 0.1) is 0 Å². The summed E-state index contributed by atoms with van der Waals surface area (Å²) >= 11 is 1.73. The van der Waals surface area contributed by atoms with Gasteiger partial charge in [-0.2, -0.15) is 11.3 Å². The molecule has 1 saturated heterocycles. The van der Waals surface area contributed by atoms with Crippen LogP contribution >= 0.6 is 11.3 Å². The van der Waals surface area contributed by atoms with Crippen molar-refractivity contribution in [3.05, 3.63) is 51.7 Å². The molecule has 0 atom stereocenters. The van der Waals surface area contributed by atoms with E-state index in [1.54, 1.807) is 11.3 Å². The van der Waals surface area contributed by atoms with Crippen molar-refractivity contribution in [3.63, 3.8) is 0 Å². The molecule has 144 valence electrons. The molecule has 6 heteroatoms. The Hall–Kier alpha value is -2.18. The number of carbonyl (C=O) groups excluding carboxylic acids is 2. The van der Waals surface area contributed by atoms with Crippen LogP contribution in [0.3, 0.4) is 0 Å². The summed E-state index contributed by atoms with van der Waals surface area (Å²) in [6.45, 7) is 7.56. The number of rotatable bonds is 5. The van der Waals surface area contributed by atoms with Gasteiger partial charge in [0.1, 0.15) is 0 Å². The molecule has 0 bridgehead atoms. The summed E-state index contributed by atoms with van der Waals surface area (Å²) < 4.78 is 0. The van der Waals surface area contributed by atoms with Gasteiger partial charge in [0, 0.05) is 18.8 Å². The summed E-state index contributed by atoms with van der Waals surface area (Å²) in [6, 6.07) is 7.93. The van der Waals surface area contributed by atoms with E-state index in [4.69, 9.17) is 0 Å². The SMILES string of the molecule is Cc1cc(C)cc(NC(=O)C(=O)NCC2CCN(Cc3ccsc3)CC2)c1. The number of nitrogens with one attached hydrogen (secondary N) is 2. The van der Waals surface area contributed by atoms with Crippen LogP contribution < -0.4 is 10.6 Å². The van der Waals surface area contributed by atoms with Crippen molar-refractivity contribution in [2.24, 2.45) is 5.92 Å². The first-order valence-electron chi connectivity index (χ1n) is 9.40. The van der Waals surface area contributed by atoms with E-state index in [1.165, 1.54) is 5.56 Å². The molecule has 0 saturated carbocycles. The quantitative estimate of drug-likeness (QED) is 0.776. The number of nitrogens with zero attached hydrogens (tertiary/aromatic N) is 1. The van der Waals surface area contributed by atoms with Gasteiger partial charge in [-0.1, -0.05) is 6.07 Å². The molecule has 27 heavy (non-hydrogen) atoms. The monoisotopic (exact) mass is 385 g/mol. The van der Waals surface area contributed by atoms with Crippen LogP contribution in [0.15, 0.2) is 35.0 Å². The van der Waals surface area contributed by atoms with Crippen molar-refractivity contribution in [2.45, 2.75) is 33.2 Å². The molecule has 1 aromatic heterocycles. The molecule has 1 fully saturated rings. The molecule has 1 aromatic carbocycles. The molecule has 2 heterocycles. The first kappa shape index (κ1) is 19.6. The average Bonchev–Trinajstić information content (AvgIpc) is 3.13. The lowest BCUT2D eigenvalue weighted by Crippen LogP contribution is -2.41. The lowest BCUT2D eigenvalue weighted by molar-refractivity contribution is -0.136. The fourth-order valence-corrected chi connectivity index (χ4v) is 4.20. The normalized spacial score (nSPS) is 15.5. The van der Waals surface area contributed by atoms with Gasteiger partial charge in [-0.15, -0.1) is 0 Å². The minimum atomic E-state index is -0.602. The number of piperidine rings is 1. The van der Waals surface area contributed by atoms with Crippen LogP contribution in [0.1, 0.15) is 29.5 Å². The maximum Gasteiger partial charge on any atom is 0.313 e. The average molecular weight is 386 g/mol. The Morgan fingerprint density at radius 3 is 2.44 bits per heavy atom. The van der Waals surface area contributed by atoms with Crippen LogP contribution in [0.25, 0.3) is 0 Å². The zero-order valence-electron chi connectivity index (χ0n) is 16.0. The highest BCUT2D eigenvalue weighted by molar-refractivity contribution is 7.07. The van der Waals surface area contributed by atoms with E-state index in [2.05, 4.69) is 32.4 Å². The topological polar surface area (TPSA) is 61.4 Å². The Bertz CT molecular complexity index is 760. The lowest BCUT2D eigenvalue weighted by Gasteiger charge is -2.31. The summed E-state index contributed by atoms with van der Waals surface area (Å²) in [7, 11) is 0. The number of anilines is 1. The zero-order valence-corrected chi connectivity index (χ0v) is 16.8. The number of carbonyl (C=O) groups is 2. The van der Waals surface area contributed by atoms with Gasteiger partial charge in [-0.05, 0) is 91.3 Å². The van der Waals surface area contributed by atoms with E-state index < -0.39 is 11.8 Å². The summed E-state index contributed by atoms with van der Waals surface area (Å²) in [5.41, 5.74) is 4.14. The van der Waals surface area contributed by atoms with Crippen LogP contribution in [-0.4, -0.2) is 36.3 Å². The molecule has 1 aliphatic rings. The second-order valence-corrected chi connectivity index (χ2v) is 8.17. The molecule has 2 aromatic rings. The molecule has 5 nitrogen and oxygen atoms in total. The van der Waals surface area contributed by atoms with Crippen molar-refractivity contribution < 1.29 is 9.59 Å². The van der Waals surface area contributed by atoms with Crippen molar-refractivity contribution >= 4 is 28.8 Å². The Balaban J connectivity index is 1.39. The predicted molar refractivity (Wildman–Crippen MR) is 110 cm³/mol. The van der Waals surface area contributed by atoms with E-state index in [9.17, 15) is 9.59 Å². The second kappa shape index (κ2) is 9.15. The number of aryl methyl sites for hydroxylation is 2. The first-order chi connectivity index (χ1) is 13.0. The van der Waals surface area contributed by atoms with E-state index >= 15 is 0 Å². The van der Waals surface area contributed by atoms with Crippen LogP contribution in [-0.2, 0) is 16.1 Å². The number of benzene rings is 1. The highest BCUT2D eigenvalue weighted by atomic mass is 32.1. The van der Waals surface area contributed by atoms with Gasteiger partial charge in [0.25, 0.3) is 0 Å².